The van der Waals surface area contributed by atoms with Crippen LogP contribution < -0.4 is 5.56 Å². The first-order chi connectivity index (χ1) is 8.11. The second-order valence-corrected chi connectivity index (χ2v) is 4.67. The quantitative estimate of drug-likeness (QED) is 0.878. The fourth-order valence-corrected chi connectivity index (χ4v) is 2.20. The van der Waals surface area contributed by atoms with E-state index in [1.807, 2.05) is 12.1 Å². The average Bonchev–Trinajstić information content (AvgIpc) is 2.29. The lowest BCUT2D eigenvalue weighted by molar-refractivity contribution is 1.22. The van der Waals surface area contributed by atoms with Crippen molar-refractivity contribution >= 4 is 27.5 Å². The van der Waals surface area contributed by atoms with Crippen LogP contribution in [0.15, 0.2) is 39.6 Å². The molecule has 1 heterocycles. The number of nitrogens with zero attached hydrogens (tertiary/aromatic N) is 1. The number of hydrogen-bond donors (Lipinski definition) is 1. The van der Waals surface area contributed by atoms with Crippen molar-refractivity contribution in [2.24, 2.45) is 0 Å². The van der Waals surface area contributed by atoms with Crippen molar-refractivity contribution in [3.05, 3.63) is 55.7 Å². The monoisotopic (exact) mass is 308 g/mol. The Hall–Kier alpha value is -1.57. The van der Waals surface area contributed by atoms with Gasteiger partial charge in [0.2, 0.25) is 0 Å². The second-order valence-electron chi connectivity index (χ2n) is 3.35. The number of nitrogens with one attached hydrogen (secondary N) is 1. The summed E-state index contributed by atoms with van der Waals surface area (Å²) in [4.78, 5) is 14.1. The highest BCUT2D eigenvalue weighted by Gasteiger charge is 2.06. The van der Waals surface area contributed by atoms with E-state index in [1.165, 1.54) is 6.07 Å². The van der Waals surface area contributed by atoms with Crippen molar-refractivity contribution in [2.45, 2.75) is 0 Å². The molecule has 0 fully saturated rings. The van der Waals surface area contributed by atoms with Gasteiger partial charge in [-0.05, 0) is 24.3 Å². The maximum Gasteiger partial charge on any atom is 0.266 e. The van der Waals surface area contributed by atoms with E-state index in [0.29, 0.717) is 10.7 Å². The lowest BCUT2D eigenvalue weighted by atomic mass is 10.1. The minimum Gasteiger partial charge on any atom is -0.321 e. The zero-order valence-corrected chi connectivity index (χ0v) is 10.8. The van der Waals surface area contributed by atoms with E-state index in [-0.39, 0.29) is 5.56 Å². The Morgan fingerprint density at radius 1 is 1.29 bits per heavy atom. The fraction of sp³-hybridized carbons (Fsp3) is 0. The van der Waals surface area contributed by atoms with E-state index in [1.54, 1.807) is 18.2 Å². The summed E-state index contributed by atoms with van der Waals surface area (Å²) in [5, 5.41) is 9.20. The SMILES string of the molecule is N#Cc1ccc(-c2ccc(Br)cc2Cl)[nH]c1=O. The smallest absolute Gasteiger partial charge is 0.266 e. The van der Waals surface area contributed by atoms with E-state index >= 15 is 0 Å². The first-order valence-corrected chi connectivity index (χ1v) is 5.88. The molecule has 0 radical (unpaired) electrons. The number of pyridine rings is 1. The molecule has 0 aliphatic rings. The summed E-state index contributed by atoms with van der Waals surface area (Å²) < 4.78 is 0.863. The number of benzene rings is 1. The molecule has 1 N–H and O–H groups in total. The Labute approximate surface area is 111 Å². The van der Waals surface area contributed by atoms with Crippen molar-refractivity contribution in [1.82, 2.24) is 4.98 Å². The van der Waals surface area contributed by atoms with E-state index in [4.69, 9.17) is 16.9 Å². The van der Waals surface area contributed by atoms with Gasteiger partial charge in [-0.2, -0.15) is 5.26 Å². The van der Waals surface area contributed by atoms with Crippen LogP contribution in [-0.4, -0.2) is 4.98 Å². The lowest BCUT2D eigenvalue weighted by Crippen LogP contribution is -2.10. The average molecular weight is 310 g/mol. The summed E-state index contributed by atoms with van der Waals surface area (Å²) in [7, 11) is 0. The van der Waals surface area contributed by atoms with Gasteiger partial charge in [0.1, 0.15) is 11.6 Å². The number of nitriles is 1. The standard InChI is InChI=1S/C12H6BrClN2O/c13-8-2-3-9(10(14)5-8)11-4-1-7(6-15)12(17)16-11/h1-5H,(H,16,17). The Morgan fingerprint density at radius 3 is 2.65 bits per heavy atom. The van der Waals surface area contributed by atoms with Gasteiger partial charge in [-0.15, -0.1) is 0 Å². The van der Waals surface area contributed by atoms with Crippen molar-refractivity contribution < 1.29 is 0 Å². The third kappa shape index (κ3) is 2.41. The van der Waals surface area contributed by atoms with Gasteiger partial charge in [0.15, 0.2) is 0 Å². The van der Waals surface area contributed by atoms with Crippen LogP contribution in [0.3, 0.4) is 0 Å². The van der Waals surface area contributed by atoms with Crippen LogP contribution in [0.25, 0.3) is 11.3 Å². The molecule has 2 rings (SSSR count). The third-order valence-corrected chi connectivity index (χ3v) is 3.06. The predicted octanol–water partition coefficient (Wildman–Crippen LogP) is 3.33. The molecule has 0 saturated carbocycles. The van der Waals surface area contributed by atoms with Gasteiger partial charge in [-0.1, -0.05) is 33.6 Å². The van der Waals surface area contributed by atoms with Crippen molar-refractivity contribution in [3.8, 4) is 17.3 Å². The number of aromatic amines is 1. The van der Waals surface area contributed by atoms with Crippen LogP contribution in [0.5, 0.6) is 0 Å². The first kappa shape index (κ1) is 11.9. The van der Waals surface area contributed by atoms with Gasteiger partial charge in [-0.25, -0.2) is 0 Å². The Balaban J connectivity index is 2.58. The molecule has 2 aromatic rings. The minimum atomic E-state index is -0.413. The van der Waals surface area contributed by atoms with Crippen molar-refractivity contribution in [3.63, 3.8) is 0 Å². The predicted molar refractivity (Wildman–Crippen MR) is 69.9 cm³/mol. The van der Waals surface area contributed by atoms with Gasteiger partial charge in [0, 0.05) is 15.7 Å². The lowest BCUT2D eigenvalue weighted by Gasteiger charge is -2.04. The van der Waals surface area contributed by atoms with Gasteiger partial charge < -0.3 is 4.98 Å². The van der Waals surface area contributed by atoms with E-state index in [9.17, 15) is 4.79 Å². The highest BCUT2D eigenvalue weighted by Crippen LogP contribution is 2.28. The molecule has 0 amide bonds. The molecule has 0 spiro atoms. The number of rotatable bonds is 1. The first-order valence-electron chi connectivity index (χ1n) is 4.70. The summed E-state index contributed by atoms with van der Waals surface area (Å²) in [5.74, 6) is 0. The van der Waals surface area contributed by atoms with Gasteiger partial charge >= 0.3 is 0 Å². The molecule has 84 valence electrons. The molecule has 0 atom stereocenters. The molecule has 5 heteroatoms. The van der Waals surface area contributed by atoms with Crippen LogP contribution in [0.1, 0.15) is 5.56 Å². The Morgan fingerprint density at radius 2 is 2.06 bits per heavy atom. The molecular formula is C12H6BrClN2O. The van der Waals surface area contributed by atoms with Crippen molar-refractivity contribution in [1.29, 1.82) is 5.26 Å². The molecule has 0 aliphatic carbocycles. The zero-order chi connectivity index (χ0) is 12.4. The highest BCUT2D eigenvalue weighted by atomic mass is 79.9. The van der Waals surface area contributed by atoms with Crippen LogP contribution in [-0.2, 0) is 0 Å². The summed E-state index contributed by atoms with van der Waals surface area (Å²) in [6.07, 6.45) is 0. The molecule has 1 aromatic heterocycles. The molecule has 1 aromatic carbocycles. The van der Waals surface area contributed by atoms with Crippen LogP contribution >= 0.6 is 27.5 Å². The van der Waals surface area contributed by atoms with Crippen LogP contribution in [0, 0.1) is 11.3 Å². The summed E-state index contributed by atoms with van der Waals surface area (Å²) in [6, 6.07) is 10.3. The number of halogens is 2. The summed E-state index contributed by atoms with van der Waals surface area (Å²) >= 11 is 9.38. The number of hydrogen-bond acceptors (Lipinski definition) is 2. The van der Waals surface area contributed by atoms with Crippen LogP contribution in [0.4, 0.5) is 0 Å². The zero-order valence-electron chi connectivity index (χ0n) is 8.50. The molecule has 0 aliphatic heterocycles. The fourth-order valence-electron chi connectivity index (χ4n) is 1.43. The van der Waals surface area contributed by atoms with Crippen molar-refractivity contribution in [2.75, 3.05) is 0 Å². The molecule has 0 saturated heterocycles. The van der Waals surface area contributed by atoms with Gasteiger partial charge in [0.05, 0.1) is 5.02 Å². The van der Waals surface area contributed by atoms with Gasteiger partial charge in [0.25, 0.3) is 5.56 Å². The Kier molecular flexibility index (Phi) is 3.32. The summed E-state index contributed by atoms with van der Waals surface area (Å²) in [5.41, 5.74) is 0.980. The molecule has 0 unspecified atom stereocenters. The minimum absolute atomic E-state index is 0.0852. The van der Waals surface area contributed by atoms with E-state index in [2.05, 4.69) is 20.9 Å². The normalized spacial score (nSPS) is 9.94. The maximum atomic E-state index is 11.5. The van der Waals surface area contributed by atoms with E-state index in [0.717, 1.165) is 10.0 Å². The second kappa shape index (κ2) is 4.74. The third-order valence-electron chi connectivity index (χ3n) is 2.25. The topological polar surface area (TPSA) is 56.6 Å². The highest BCUT2D eigenvalue weighted by molar-refractivity contribution is 9.10. The summed E-state index contributed by atoms with van der Waals surface area (Å²) in [6.45, 7) is 0. The maximum absolute atomic E-state index is 11.5. The Bertz CT molecular complexity index is 673. The molecule has 17 heavy (non-hydrogen) atoms. The number of H-pyrrole nitrogens is 1. The van der Waals surface area contributed by atoms with Gasteiger partial charge in [-0.3, -0.25) is 4.79 Å². The molecule has 3 nitrogen and oxygen atoms in total. The largest absolute Gasteiger partial charge is 0.321 e. The van der Waals surface area contributed by atoms with Crippen LogP contribution in [0.2, 0.25) is 5.02 Å². The van der Waals surface area contributed by atoms with E-state index < -0.39 is 5.56 Å². The number of aromatic nitrogens is 1. The molecular weight excluding hydrogens is 304 g/mol. The molecule has 0 bridgehead atoms.